The summed E-state index contributed by atoms with van der Waals surface area (Å²) in [6, 6.07) is 0.743. The van der Waals surface area contributed by atoms with E-state index in [1.165, 1.54) is 0 Å². The predicted molar refractivity (Wildman–Crippen MR) is 78.2 cm³/mol. The predicted octanol–water partition coefficient (Wildman–Crippen LogP) is 3.25. The van der Waals surface area contributed by atoms with E-state index in [4.69, 9.17) is 0 Å². The largest absolute Gasteiger partial charge is 0.351 e. The van der Waals surface area contributed by atoms with Crippen molar-refractivity contribution in [3.8, 4) is 0 Å². The van der Waals surface area contributed by atoms with Gasteiger partial charge < -0.3 is 9.88 Å². The minimum atomic E-state index is 0.347. The molecule has 0 fully saturated rings. The summed E-state index contributed by atoms with van der Waals surface area (Å²) in [5.74, 6) is 1.25. The summed E-state index contributed by atoms with van der Waals surface area (Å²) in [4.78, 5) is 13.3. The van der Waals surface area contributed by atoms with Crippen LogP contribution < -0.4 is 5.32 Å². The van der Waals surface area contributed by atoms with Gasteiger partial charge in [-0.05, 0) is 26.2 Å². The Morgan fingerprint density at radius 1 is 1.21 bits per heavy atom. The van der Waals surface area contributed by atoms with Gasteiger partial charge in [0.05, 0.1) is 12.5 Å². The molecule has 0 aromatic carbocycles. The third-order valence-electron chi connectivity index (χ3n) is 3.43. The number of fused-ring (bicyclic) bond motifs is 1. The molecule has 0 saturated heterocycles. The minimum Gasteiger partial charge on any atom is -0.351 e. The number of nitrogens with zero attached hydrogens (tertiary/aromatic N) is 4. The van der Waals surface area contributed by atoms with Gasteiger partial charge in [0, 0.05) is 12.1 Å². The maximum Gasteiger partial charge on any atom is 0.224 e. The first kappa shape index (κ1) is 13.8. The lowest BCUT2D eigenvalue weighted by Crippen LogP contribution is -2.25. The highest BCUT2D eigenvalue weighted by Gasteiger charge is 2.14. The third-order valence-corrected chi connectivity index (χ3v) is 3.43. The quantitative estimate of drug-likeness (QED) is 0.897. The molecule has 19 heavy (non-hydrogen) atoms. The van der Waals surface area contributed by atoms with Gasteiger partial charge in [0.1, 0.15) is 5.52 Å². The molecule has 0 amide bonds. The van der Waals surface area contributed by atoms with Crippen LogP contribution in [0, 0.1) is 5.92 Å². The van der Waals surface area contributed by atoms with E-state index < -0.39 is 0 Å². The standard InChI is InChI=1S/C14H23N5/c1-6-11(9(2)3)17-14-15-7-12-13(18-14)19(8-16-12)10(4)5/h7-11H,6H2,1-5H3,(H,15,17,18). The summed E-state index contributed by atoms with van der Waals surface area (Å²) < 4.78 is 2.07. The van der Waals surface area contributed by atoms with E-state index in [9.17, 15) is 0 Å². The van der Waals surface area contributed by atoms with E-state index >= 15 is 0 Å². The van der Waals surface area contributed by atoms with Crippen LogP contribution in [-0.4, -0.2) is 25.6 Å². The number of anilines is 1. The van der Waals surface area contributed by atoms with Crippen LogP contribution in [0.4, 0.5) is 5.95 Å². The first-order valence-electron chi connectivity index (χ1n) is 6.99. The van der Waals surface area contributed by atoms with Crippen LogP contribution >= 0.6 is 0 Å². The van der Waals surface area contributed by atoms with Gasteiger partial charge in [0.15, 0.2) is 5.65 Å². The summed E-state index contributed by atoms with van der Waals surface area (Å²) in [5, 5.41) is 3.41. The highest BCUT2D eigenvalue weighted by Crippen LogP contribution is 2.17. The van der Waals surface area contributed by atoms with Gasteiger partial charge in [-0.25, -0.2) is 9.97 Å². The normalized spacial score (nSPS) is 13.4. The molecule has 0 saturated carbocycles. The average molecular weight is 261 g/mol. The lowest BCUT2D eigenvalue weighted by molar-refractivity contribution is 0.508. The van der Waals surface area contributed by atoms with Crippen LogP contribution in [0.3, 0.4) is 0 Å². The molecule has 0 aliphatic heterocycles. The zero-order valence-electron chi connectivity index (χ0n) is 12.4. The van der Waals surface area contributed by atoms with Crippen molar-refractivity contribution >= 4 is 17.1 Å². The molecule has 2 heterocycles. The molecule has 0 aliphatic carbocycles. The number of hydrogen-bond acceptors (Lipinski definition) is 4. The van der Waals surface area contributed by atoms with Gasteiger partial charge in [0.2, 0.25) is 5.95 Å². The van der Waals surface area contributed by atoms with Gasteiger partial charge in [-0.15, -0.1) is 0 Å². The number of imidazole rings is 1. The lowest BCUT2D eigenvalue weighted by atomic mass is 10.0. The Labute approximate surface area is 114 Å². The maximum absolute atomic E-state index is 4.60. The molecule has 1 N–H and O–H groups in total. The molecule has 0 radical (unpaired) electrons. The van der Waals surface area contributed by atoms with Gasteiger partial charge >= 0.3 is 0 Å². The smallest absolute Gasteiger partial charge is 0.224 e. The topological polar surface area (TPSA) is 55.6 Å². The summed E-state index contributed by atoms with van der Waals surface area (Å²) in [6.07, 6.45) is 4.67. The molecule has 2 rings (SSSR count). The second-order valence-electron chi connectivity index (χ2n) is 5.55. The zero-order chi connectivity index (χ0) is 14.0. The fraction of sp³-hybridized carbons (Fsp3) is 0.643. The van der Waals surface area contributed by atoms with Crippen molar-refractivity contribution in [3.05, 3.63) is 12.5 Å². The van der Waals surface area contributed by atoms with Crippen molar-refractivity contribution in [2.75, 3.05) is 5.32 Å². The van der Waals surface area contributed by atoms with Crippen LogP contribution in [-0.2, 0) is 0 Å². The van der Waals surface area contributed by atoms with E-state index in [0.29, 0.717) is 23.9 Å². The molecule has 0 bridgehead atoms. The number of aromatic nitrogens is 4. The van der Waals surface area contributed by atoms with Crippen LogP contribution in [0.2, 0.25) is 0 Å². The summed E-state index contributed by atoms with van der Waals surface area (Å²) in [7, 11) is 0. The van der Waals surface area contributed by atoms with Crippen molar-refractivity contribution in [2.45, 2.75) is 53.1 Å². The molecule has 2 aromatic rings. The van der Waals surface area contributed by atoms with E-state index in [2.05, 4.69) is 59.5 Å². The molecule has 1 unspecified atom stereocenters. The number of rotatable bonds is 5. The molecule has 0 spiro atoms. The Kier molecular flexibility index (Phi) is 4.02. The lowest BCUT2D eigenvalue weighted by Gasteiger charge is -2.20. The first-order chi connectivity index (χ1) is 9.02. The van der Waals surface area contributed by atoms with Crippen LogP contribution in [0.5, 0.6) is 0 Å². The van der Waals surface area contributed by atoms with Crippen molar-refractivity contribution in [2.24, 2.45) is 5.92 Å². The molecule has 0 aliphatic rings. The Bertz CT molecular complexity index is 544. The molecule has 1 atom stereocenters. The molecular formula is C14H23N5. The number of hydrogen-bond donors (Lipinski definition) is 1. The monoisotopic (exact) mass is 261 g/mol. The van der Waals surface area contributed by atoms with E-state index in [0.717, 1.165) is 17.6 Å². The van der Waals surface area contributed by atoms with Crippen LogP contribution in [0.1, 0.15) is 47.1 Å². The number of nitrogens with one attached hydrogen (secondary N) is 1. The second kappa shape index (κ2) is 5.55. The van der Waals surface area contributed by atoms with E-state index in [-0.39, 0.29) is 0 Å². The van der Waals surface area contributed by atoms with Crippen molar-refractivity contribution < 1.29 is 0 Å². The molecular weight excluding hydrogens is 238 g/mol. The fourth-order valence-corrected chi connectivity index (χ4v) is 2.18. The van der Waals surface area contributed by atoms with Crippen molar-refractivity contribution in [1.29, 1.82) is 0 Å². The molecule has 104 valence electrons. The Balaban J connectivity index is 2.32. The van der Waals surface area contributed by atoms with Crippen LogP contribution in [0.15, 0.2) is 12.5 Å². The average Bonchev–Trinajstić information content (AvgIpc) is 2.78. The first-order valence-corrected chi connectivity index (χ1v) is 6.99. The Morgan fingerprint density at radius 2 is 1.95 bits per heavy atom. The third kappa shape index (κ3) is 2.85. The van der Waals surface area contributed by atoms with Gasteiger partial charge in [-0.1, -0.05) is 20.8 Å². The minimum absolute atomic E-state index is 0.347. The SMILES string of the molecule is CCC(Nc1ncc2ncn(C(C)C)c2n1)C(C)C. The Morgan fingerprint density at radius 3 is 2.53 bits per heavy atom. The molecule has 2 aromatic heterocycles. The van der Waals surface area contributed by atoms with Crippen LogP contribution in [0.25, 0.3) is 11.2 Å². The summed E-state index contributed by atoms with van der Waals surface area (Å²) >= 11 is 0. The second-order valence-corrected chi connectivity index (χ2v) is 5.55. The van der Waals surface area contributed by atoms with Gasteiger partial charge in [0.25, 0.3) is 0 Å². The van der Waals surface area contributed by atoms with E-state index in [1.54, 1.807) is 6.20 Å². The summed E-state index contributed by atoms with van der Waals surface area (Å²) in [6.45, 7) is 10.8. The fourth-order valence-electron chi connectivity index (χ4n) is 2.18. The van der Waals surface area contributed by atoms with Crippen molar-refractivity contribution in [1.82, 2.24) is 19.5 Å². The maximum atomic E-state index is 4.60. The van der Waals surface area contributed by atoms with Crippen molar-refractivity contribution in [3.63, 3.8) is 0 Å². The highest BCUT2D eigenvalue weighted by atomic mass is 15.2. The van der Waals surface area contributed by atoms with Gasteiger partial charge in [-0.3, -0.25) is 0 Å². The molecule has 5 heteroatoms. The zero-order valence-corrected chi connectivity index (χ0v) is 12.4. The molecule has 5 nitrogen and oxygen atoms in total. The summed E-state index contributed by atoms with van der Waals surface area (Å²) in [5.41, 5.74) is 1.74. The van der Waals surface area contributed by atoms with Gasteiger partial charge in [-0.2, -0.15) is 4.98 Å². The van der Waals surface area contributed by atoms with E-state index in [1.807, 2.05) is 6.33 Å². The highest BCUT2D eigenvalue weighted by molar-refractivity contribution is 5.71. The Hall–Kier alpha value is -1.65.